The van der Waals surface area contributed by atoms with Crippen molar-refractivity contribution in [3.63, 3.8) is 0 Å². The molecule has 0 unspecified atom stereocenters. The Labute approximate surface area is 105 Å². The summed E-state index contributed by atoms with van der Waals surface area (Å²) in [5, 5.41) is 0.687. The van der Waals surface area contributed by atoms with Gasteiger partial charge in [0.2, 0.25) is 0 Å². The summed E-state index contributed by atoms with van der Waals surface area (Å²) in [6.45, 7) is 2.33. The summed E-state index contributed by atoms with van der Waals surface area (Å²) in [5.74, 6) is 0.744. The maximum atomic E-state index is 6.13. The molecule has 0 aliphatic carbocycles. The van der Waals surface area contributed by atoms with Crippen molar-refractivity contribution in [2.24, 2.45) is 5.73 Å². The van der Waals surface area contributed by atoms with E-state index in [-0.39, 0.29) is 0 Å². The number of H-pyrrole nitrogens is 1. The fourth-order valence-electron chi connectivity index (χ4n) is 1.72. The average molecular weight is 252 g/mol. The molecule has 0 amide bonds. The van der Waals surface area contributed by atoms with Crippen LogP contribution >= 0.6 is 11.6 Å². The van der Waals surface area contributed by atoms with E-state index in [1.807, 2.05) is 19.1 Å². The molecule has 0 saturated heterocycles. The summed E-state index contributed by atoms with van der Waals surface area (Å²) in [7, 11) is 1.63. The SMILES string of the molecule is COc1cc(C)c(Cl)cc1-c1nc[nH]c1CN. The van der Waals surface area contributed by atoms with Crippen molar-refractivity contribution in [2.45, 2.75) is 13.5 Å². The van der Waals surface area contributed by atoms with Gasteiger partial charge in [0.15, 0.2) is 0 Å². The smallest absolute Gasteiger partial charge is 0.128 e. The van der Waals surface area contributed by atoms with Crippen LogP contribution in [0.15, 0.2) is 18.5 Å². The third-order valence-corrected chi connectivity index (χ3v) is 3.07. The highest BCUT2D eigenvalue weighted by Gasteiger charge is 2.14. The number of hydrogen-bond acceptors (Lipinski definition) is 3. The predicted molar refractivity (Wildman–Crippen MR) is 68.2 cm³/mol. The lowest BCUT2D eigenvalue weighted by atomic mass is 10.1. The van der Waals surface area contributed by atoms with E-state index in [0.29, 0.717) is 11.6 Å². The molecule has 4 nitrogen and oxygen atoms in total. The number of aryl methyl sites for hydroxylation is 1. The molecule has 0 radical (unpaired) electrons. The van der Waals surface area contributed by atoms with Gasteiger partial charge in [0.05, 0.1) is 24.8 Å². The summed E-state index contributed by atoms with van der Waals surface area (Å²) in [6, 6.07) is 3.75. The fourth-order valence-corrected chi connectivity index (χ4v) is 1.88. The topological polar surface area (TPSA) is 63.9 Å². The number of aromatic nitrogens is 2. The monoisotopic (exact) mass is 251 g/mol. The molecule has 2 rings (SSSR count). The van der Waals surface area contributed by atoms with E-state index in [9.17, 15) is 0 Å². The zero-order valence-electron chi connectivity index (χ0n) is 9.75. The minimum atomic E-state index is 0.393. The van der Waals surface area contributed by atoms with Gasteiger partial charge in [-0.05, 0) is 24.6 Å². The van der Waals surface area contributed by atoms with E-state index in [4.69, 9.17) is 22.1 Å². The first-order valence-corrected chi connectivity index (χ1v) is 5.62. The molecule has 0 bridgehead atoms. The zero-order chi connectivity index (χ0) is 12.4. The third-order valence-electron chi connectivity index (χ3n) is 2.66. The highest BCUT2D eigenvalue weighted by atomic mass is 35.5. The number of rotatable bonds is 3. The Morgan fingerprint density at radius 2 is 2.24 bits per heavy atom. The first-order chi connectivity index (χ1) is 8.17. The van der Waals surface area contributed by atoms with Crippen LogP contribution in [0.2, 0.25) is 5.02 Å². The van der Waals surface area contributed by atoms with Crippen LogP contribution in [-0.2, 0) is 6.54 Å². The van der Waals surface area contributed by atoms with Crippen LogP contribution in [0.3, 0.4) is 0 Å². The normalized spacial score (nSPS) is 10.6. The van der Waals surface area contributed by atoms with E-state index >= 15 is 0 Å². The number of imidazole rings is 1. The zero-order valence-corrected chi connectivity index (χ0v) is 10.5. The molecular weight excluding hydrogens is 238 g/mol. The largest absolute Gasteiger partial charge is 0.496 e. The molecule has 5 heteroatoms. The molecule has 0 saturated carbocycles. The quantitative estimate of drug-likeness (QED) is 0.881. The molecule has 90 valence electrons. The van der Waals surface area contributed by atoms with Gasteiger partial charge in [-0.2, -0.15) is 0 Å². The number of nitrogens with zero attached hydrogens (tertiary/aromatic N) is 1. The molecule has 0 spiro atoms. The van der Waals surface area contributed by atoms with Gasteiger partial charge in [-0.1, -0.05) is 11.6 Å². The number of aromatic amines is 1. The van der Waals surface area contributed by atoms with Gasteiger partial charge >= 0.3 is 0 Å². The van der Waals surface area contributed by atoms with E-state index in [2.05, 4.69) is 9.97 Å². The van der Waals surface area contributed by atoms with Crippen LogP contribution < -0.4 is 10.5 Å². The predicted octanol–water partition coefficient (Wildman–Crippen LogP) is 2.51. The number of nitrogens with one attached hydrogen (secondary N) is 1. The number of halogens is 1. The highest BCUT2D eigenvalue weighted by molar-refractivity contribution is 6.31. The standard InChI is InChI=1S/C12H14ClN3O/c1-7-3-11(17-2)8(4-9(7)13)12-10(5-14)15-6-16-12/h3-4,6H,5,14H2,1-2H3,(H,15,16). The molecule has 0 aliphatic rings. The lowest BCUT2D eigenvalue weighted by Gasteiger charge is -2.10. The molecular formula is C12H14ClN3O. The van der Waals surface area contributed by atoms with Crippen molar-refractivity contribution in [3.8, 4) is 17.0 Å². The Hall–Kier alpha value is -1.52. The second-order valence-electron chi connectivity index (χ2n) is 3.74. The van der Waals surface area contributed by atoms with E-state index in [0.717, 1.165) is 28.3 Å². The summed E-state index contributed by atoms with van der Waals surface area (Å²) < 4.78 is 5.35. The maximum Gasteiger partial charge on any atom is 0.128 e. The van der Waals surface area contributed by atoms with Crippen LogP contribution in [0, 0.1) is 6.92 Å². The Morgan fingerprint density at radius 3 is 2.88 bits per heavy atom. The third kappa shape index (κ3) is 2.14. The Kier molecular flexibility index (Phi) is 3.36. The van der Waals surface area contributed by atoms with Gasteiger partial charge in [-0.25, -0.2) is 4.98 Å². The number of ether oxygens (including phenoxy) is 1. The lowest BCUT2D eigenvalue weighted by molar-refractivity contribution is 0.416. The number of benzene rings is 1. The minimum Gasteiger partial charge on any atom is -0.496 e. The van der Waals surface area contributed by atoms with Crippen LogP contribution in [0.4, 0.5) is 0 Å². The number of nitrogens with two attached hydrogens (primary N) is 1. The Bertz CT molecular complexity index is 537. The van der Waals surface area contributed by atoms with Gasteiger partial charge in [0.1, 0.15) is 5.75 Å². The van der Waals surface area contributed by atoms with Gasteiger partial charge < -0.3 is 15.5 Å². The van der Waals surface area contributed by atoms with Crippen molar-refractivity contribution >= 4 is 11.6 Å². The van der Waals surface area contributed by atoms with Gasteiger partial charge in [0, 0.05) is 17.1 Å². The molecule has 17 heavy (non-hydrogen) atoms. The van der Waals surface area contributed by atoms with Crippen molar-refractivity contribution in [1.29, 1.82) is 0 Å². The number of hydrogen-bond donors (Lipinski definition) is 2. The van der Waals surface area contributed by atoms with Gasteiger partial charge in [0.25, 0.3) is 0 Å². The molecule has 3 N–H and O–H groups in total. The van der Waals surface area contributed by atoms with Crippen molar-refractivity contribution < 1.29 is 4.74 Å². The van der Waals surface area contributed by atoms with Gasteiger partial charge in [-0.15, -0.1) is 0 Å². The minimum absolute atomic E-state index is 0.393. The van der Waals surface area contributed by atoms with Crippen molar-refractivity contribution in [2.75, 3.05) is 7.11 Å². The molecule has 2 aromatic rings. The second kappa shape index (κ2) is 4.77. The molecule has 1 heterocycles. The average Bonchev–Trinajstić information content (AvgIpc) is 2.80. The molecule has 0 fully saturated rings. The molecule has 1 aromatic heterocycles. The number of methoxy groups -OCH3 is 1. The van der Waals surface area contributed by atoms with E-state index < -0.39 is 0 Å². The fraction of sp³-hybridized carbons (Fsp3) is 0.250. The summed E-state index contributed by atoms with van der Waals surface area (Å²) >= 11 is 6.13. The second-order valence-corrected chi connectivity index (χ2v) is 4.14. The van der Waals surface area contributed by atoms with E-state index in [1.165, 1.54) is 0 Å². The Balaban J connectivity index is 2.62. The first kappa shape index (κ1) is 12.0. The highest BCUT2D eigenvalue weighted by Crippen LogP contribution is 2.34. The molecule has 0 atom stereocenters. The van der Waals surface area contributed by atoms with Crippen LogP contribution in [0.5, 0.6) is 5.75 Å². The van der Waals surface area contributed by atoms with Crippen molar-refractivity contribution in [3.05, 3.63) is 34.7 Å². The lowest BCUT2D eigenvalue weighted by Crippen LogP contribution is -2.00. The Morgan fingerprint density at radius 1 is 1.47 bits per heavy atom. The summed E-state index contributed by atoms with van der Waals surface area (Å²) in [5.41, 5.74) is 9.12. The van der Waals surface area contributed by atoms with Crippen molar-refractivity contribution in [1.82, 2.24) is 9.97 Å². The first-order valence-electron chi connectivity index (χ1n) is 5.24. The van der Waals surface area contributed by atoms with Crippen LogP contribution in [-0.4, -0.2) is 17.1 Å². The van der Waals surface area contributed by atoms with Gasteiger partial charge in [-0.3, -0.25) is 0 Å². The van der Waals surface area contributed by atoms with E-state index in [1.54, 1.807) is 13.4 Å². The van der Waals surface area contributed by atoms with Crippen LogP contribution in [0.25, 0.3) is 11.3 Å². The summed E-state index contributed by atoms with van der Waals surface area (Å²) in [6.07, 6.45) is 1.62. The van der Waals surface area contributed by atoms with Crippen LogP contribution in [0.1, 0.15) is 11.3 Å². The molecule has 0 aliphatic heterocycles. The molecule has 1 aromatic carbocycles. The maximum absolute atomic E-state index is 6.13. The summed E-state index contributed by atoms with van der Waals surface area (Å²) in [4.78, 5) is 7.27.